The number of nitrogens with one attached hydrogen (secondary N) is 1. The number of carboxylic acid groups (broad SMARTS) is 1. The summed E-state index contributed by atoms with van der Waals surface area (Å²) in [6.45, 7) is 0.801. The molecule has 0 aromatic heterocycles. The lowest BCUT2D eigenvalue weighted by Gasteiger charge is -2.19. The highest BCUT2D eigenvalue weighted by atomic mass is 16.4. The molecule has 1 aromatic rings. The Bertz CT molecular complexity index is 720. The number of carboxylic acids is 1. The number of carbonyl (C=O) groups is 3. The third kappa shape index (κ3) is 3.54. The zero-order valence-corrected chi connectivity index (χ0v) is 13.5. The van der Waals surface area contributed by atoms with Gasteiger partial charge in [-0.2, -0.15) is 5.10 Å². The molecule has 0 saturated carbocycles. The second-order valence-corrected chi connectivity index (χ2v) is 6.03. The van der Waals surface area contributed by atoms with Crippen LogP contribution in [0.4, 0.5) is 10.5 Å². The van der Waals surface area contributed by atoms with Crippen molar-refractivity contribution in [2.75, 3.05) is 18.1 Å². The molecule has 9 heteroatoms. The molecule has 2 aliphatic rings. The maximum absolute atomic E-state index is 12.7. The van der Waals surface area contributed by atoms with Crippen LogP contribution in [0.25, 0.3) is 0 Å². The first-order chi connectivity index (χ1) is 12.0. The van der Waals surface area contributed by atoms with Crippen molar-refractivity contribution in [2.45, 2.75) is 24.9 Å². The first kappa shape index (κ1) is 16.7. The minimum Gasteiger partial charge on any atom is -0.480 e. The first-order valence-electron chi connectivity index (χ1n) is 7.95. The molecule has 25 heavy (non-hydrogen) atoms. The number of nitrogens with zero attached hydrogens (tertiary/aromatic N) is 3. The van der Waals surface area contributed by atoms with Gasteiger partial charge >= 0.3 is 12.0 Å². The molecule has 2 atom stereocenters. The molecular weight excluding hydrogens is 326 g/mol. The highest BCUT2D eigenvalue weighted by Crippen LogP contribution is 2.25. The molecule has 0 spiro atoms. The van der Waals surface area contributed by atoms with Crippen molar-refractivity contribution < 1.29 is 19.5 Å². The van der Waals surface area contributed by atoms with E-state index in [1.807, 2.05) is 6.07 Å². The van der Waals surface area contributed by atoms with Crippen molar-refractivity contribution >= 4 is 29.3 Å². The number of urea groups is 1. The number of anilines is 1. The van der Waals surface area contributed by atoms with Gasteiger partial charge in [-0.25, -0.2) is 9.59 Å². The summed E-state index contributed by atoms with van der Waals surface area (Å²) in [6.07, 6.45) is 0.639. The van der Waals surface area contributed by atoms with E-state index in [1.54, 1.807) is 29.2 Å². The standard InChI is InChI=1S/C16H19N5O4/c17-16(25)18-10-6-7-20(9-10)14(22)12-8-13(15(23)24)21(19-12)11-4-2-1-3-5-11/h1-5,10,13H,6-9H2,(H,23,24)(H3,17,18,25). The number of rotatable bonds is 4. The fourth-order valence-corrected chi connectivity index (χ4v) is 3.10. The third-order valence-electron chi connectivity index (χ3n) is 4.28. The number of likely N-dealkylation sites (tertiary alicyclic amines) is 1. The van der Waals surface area contributed by atoms with Crippen molar-refractivity contribution in [2.24, 2.45) is 10.8 Å². The van der Waals surface area contributed by atoms with Gasteiger partial charge in [0.25, 0.3) is 5.91 Å². The van der Waals surface area contributed by atoms with E-state index < -0.39 is 18.0 Å². The minimum absolute atomic E-state index is 0.0352. The van der Waals surface area contributed by atoms with Crippen LogP contribution in [-0.2, 0) is 9.59 Å². The van der Waals surface area contributed by atoms with Crippen molar-refractivity contribution in [3.05, 3.63) is 30.3 Å². The largest absolute Gasteiger partial charge is 0.480 e. The summed E-state index contributed by atoms with van der Waals surface area (Å²) in [6, 6.07) is 7.15. The van der Waals surface area contributed by atoms with Crippen LogP contribution >= 0.6 is 0 Å². The van der Waals surface area contributed by atoms with Crippen molar-refractivity contribution in [3.8, 4) is 0 Å². The van der Waals surface area contributed by atoms with Gasteiger partial charge in [-0.1, -0.05) is 18.2 Å². The number of amides is 3. The van der Waals surface area contributed by atoms with Crippen LogP contribution in [0.3, 0.4) is 0 Å². The van der Waals surface area contributed by atoms with Gasteiger partial charge in [0.2, 0.25) is 0 Å². The topological polar surface area (TPSA) is 128 Å². The van der Waals surface area contributed by atoms with E-state index >= 15 is 0 Å². The lowest BCUT2D eigenvalue weighted by molar-refractivity contribution is -0.138. The number of hydrazone groups is 1. The molecule has 3 amide bonds. The number of aliphatic carboxylic acids is 1. The average Bonchev–Trinajstić information content (AvgIpc) is 3.21. The summed E-state index contributed by atoms with van der Waals surface area (Å²) >= 11 is 0. The molecule has 0 radical (unpaired) electrons. The predicted molar refractivity (Wildman–Crippen MR) is 90.1 cm³/mol. The van der Waals surface area contributed by atoms with Gasteiger partial charge in [0.1, 0.15) is 5.71 Å². The number of carbonyl (C=O) groups excluding carboxylic acids is 2. The van der Waals surface area contributed by atoms with E-state index in [-0.39, 0.29) is 24.1 Å². The second kappa shape index (κ2) is 6.80. The van der Waals surface area contributed by atoms with Crippen molar-refractivity contribution in [1.29, 1.82) is 0 Å². The van der Waals surface area contributed by atoms with Crippen LogP contribution in [0.1, 0.15) is 12.8 Å². The van der Waals surface area contributed by atoms with Gasteiger partial charge in [0, 0.05) is 25.6 Å². The van der Waals surface area contributed by atoms with E-state index in [9.17, 15) is 19.5 Å². The van der Waals surface area contributed by atoms with Crippen molar-refractivity contribution in [3.63, 3.8) is 0 Å². The number of benzene rings is 1. The molecule has 1 fully saturated rings. The van der Waals surface area contributed by atoms with Gasteiger partial charge < -0.3 is 21.1 Å². The molecule has 132 valence electrons. The normalized spacial score (nSPS) is 22.6. The molecular formula is C16H19N5O4. The van der Waals surface area contributed by atoms with E-state index in [4.69, 9.17) is 5.73 Å². The highest BCUT2D eigenvalue weighted by molar-refractivity contribution is 6.40. The van der Waals surface area contributed by atoms with Gasteiger partial charge in [-0.15, -0.1) is 0 Å². The summed E-state index contributed by atoms with van der Waals surface area (Å²) in [4.78, 5) is 36.7. The van der Waals surface area contributed by atoms with Gasteiger partial charge in [-0.3, -0.25) is 9.80 Å². The Kier molecular flexibility index (Phi) is 4.55. The SMILES string of the molecule is NC(=O)NC1CCN(C(=O)C2=NN(c3ccccc3)C(C(=O)O)C2)C1. The van der Waals surface area contributed by atoms with Crippen LogP contribution in [0.2, 0.25) is 0 Å². The first-order valence-corrected chi connectivity index (χ1v) is 7.95. The molecule has 4 N–H and O–H groups in total. The number of para-hydroxylation sites is 1. The minimum atomic E-state index is -1.04. The zero-order chi connectivity index (χ0) is 18.0. The Morgan fingerprint density at radius 1 is 1.24 bits per heavy atom. The molecule has 9 nitrogen and oxygen atoms in total. The predicted octanol–water partition coefficient (Wildman–Crippen LogP) is -0.0249. The van der Waals surface area contributed by atoms with Crippen LogP contribution < -0.4 is 16.1 Å². The van der Waals surface area contributed by atoms with Gasteiger partial charge in [-0.05, 0) is 18.6 Å². The maximum atomic E-state index is 12.7. The molecule has 0 aliphatic carbocycles. The number of nitrogens with two attached hydrogens (primary N) is 1. The lowest BCUT2D eigenvalue weighted by atomic mass is 10.1. The van der Waals surface area contributed by atoms with E-state index in [0.717, 1.165) is 0 Å². The Balaban J connectivity index is 1.75. The molecule has 2 heterocycles. The average molecular weight is 345 g/mol. The van der Waals surface area contributed by atoms with E-state index in [1.165, 1.54) is 5.01 Å². The highest BCUT2D eigenvalue weighted by Gasteiger charge is 2.39. The quantitative estimate of drug-likeness (QED) is 0.706. The summed E-state index contributed by atoms with van der Waals surface area (Å²) in [5.41, 5.74) is 5.92. The summed E-state index contributed by atoms with van der Waals surface area (Å²) in [5.74, 6) is -1.34. The fourth-order valence-electron chi connectivity index (χ4n) is 3.10. The van der Waals surface area contributed by atoms with Crippen LogP contribution in [0.5, 0.6) is 0 Å². The van der Waals surface area contributed by atoms with Crippen LogP contribution in [-0.4, -0.2) is 58.8 Å². The maximum Gasteiger partial charge on any atom is 0.328 e. The van der Waals surface area contributed by atoms with Gasteiger partial charge in [0.15, 0.2) is 6.04 Å². The Labute approximate surface area is 144 Å². The summed E-state index contributed by atoms with van der Waals surface area (Å²) < 4.78 is 0. The Morgan fingerprint density at radius 3 is 2.60 bits per heavy atom. The van der Waals surface area contributed by atoms with Crippen LogP contribution in [0.15, 0.2) is 35.4 Å². The second-order valence-electron chi connectivity index (χ2n) is 6.03. The molecule has 0 bridgehead atoms. The third-order valence-corrected chi connectivity index (χ3v) is 4.28. The monoisotopic (exact) mass is 345 g/mol. The Morgan fingerprint density at radius 2 is 1.96 bits per heavy atom. The van der Waals surface area contributed by atoms with Gasteiger partial charge in [0.05, 0.1) is 5.69 Å². The molecule has 3 rings (SSSR count). The molecule has 1 saturated heterocycles. The fraction of sp³-hybridized carbons (Fsp3) is 0.375. The number of hydrogen-bond acceptors (Lipinski definition) is 5. The number of hydrogen-bond donors (Lipinski definition) is 3. The smallest absolute Gasteiger partial charge is 0.328 e. The van der Waals surface area contributed by atoms with Crippen LogP contribution in [0, 0.1) is 0 Å². The zero-order valence-electron chi connectivity index (χ0n) is 13.5. The molecule has 2 aliphatic heterocycles. The van der Waals surface area contributed by atoms with E-state index in [0.29, 0.717) is 25.2 Å². The summed E-state index contributed by atoms with van der Waals surface area (Å²) in [5, 5.41) is 17.7. The van der Waals surface area contributed by atoms with E-state index in [2.05, 4.69) is 10.4 Å². The number of primary amides is 1. The lowest BCUT2D eigenvalue weighted by Crippen LogP contribution is -2.42. The Hall–Kier alpha value is -3.10. The van der Waals surface area contributed by atoms with Crippen molar-refractivity contribution in [1.82, 2.24) is 10.2 Å². The molecule has 2 unspecified atom stereocenters. The summed E-state index contributed by atoms with van der Waals surface area (Å²) in [7, 11) is 0. The molecule has 1 aromatic carbocycles.